The lowest BCUT2D eigenvalue weighted by Crippen LogP contribution is -2.21. The summed E-state index contributed by atoms with van der Waals surface area (Å²) in [5, 5.41) is 3.31. The minimum Gasteiger partial charge on any atom is -0.469 e. The standard InChI is InChI=1S/C9H13NO7/c1-14-7(11)4-6(9(13)16-3)10-17-5-8(12)15-2/h4-5H2,1-3H3/b10-6-/i10+1. The van der Waals surface area contributed by atoms with Crippen molar-refractivity contribution in [1.29, 1.82) is 0 Å². The van der Waals surface area contributed by atoms with Gasteiger partial charge in [0.1, 0.15) is 0 Å². The van der Waals surface area contributed by atoms with E-state index in [2.05, 4.69) is 24.2 Å². The van der Waals surface area contributed by atoms with Gasteiger partial charge in [0.2, 0.25) is 6.61 Å². The Kier molecular flexibility index (Phi) is 7.07. The van der Waals surface area contributed by atoms with Gasteiger partial charge in [-0.3, -0.25) is 4.79 Å². The second kappa shape index (κ2) is 8.08. The lowest BCUT2D eigenvalue weighted by molar-refractivity contribution is -0.146. The fourth-order valence-corrected chi connectivity index (χ4v) is 0.690. The predicted molar refractivity (Wildman–Crippen MR) is 54.1 cm³/mol. The van der Waals surface area contributed by atoms with Crippen LogP contribution in [0.2, 0.25) is 0 Å². The van der Waals surface area contributed by atoms with Crippen molar-refractivity contribution in [3.63, 3.8) is 0 Å². The first-order valence-electron chi connectivity index (χ1n) is 4.46. The maximum absolute atomic E-state index is 11.2. The second-order valence-electron chi connectivity index (χ2n) is 2.63. The normalized spacial score (nSPS) is 10.4. The van der Waals surface area contributed by atoms with Crippen LogP contribution in [0.15, 0.2) is 5.16 Å². The molecule has 0 rings (SSSR count). The molecular formula is C9H13NO7. The molecule has 0 aliphatic heterocycles. The molecule has 96 valence electrons. The van der Waals surface area contributed by atoms with Gasteiger partial charge in [0.05, 0.1) is 27.8 Å². The number of nitrogens with zero attached hydrogens (tertiary/aromatic N) is 1. The molecule has 0 saturated carbocycles. The number of rotatable bonds is 6. The number of carbonyl (C=O) groups is 3. The Hall–Kier alpha value is -2.12. The molecule has 0 saturated heterocycles. The Morgan fingerprint density at radius 2 is 1.53 bits per heavy atom. The number of esters is 3. The molecule has 0 aliphatic carbocycles. The van der Waals surface area contributed by atoms with Gasteiger partial charge in [-0.05, 0) is 0 Å². The molecule has 0 bridgehead atoms. The number of hydrogen-bond acceptors (Lipinski definition) is 8. The van der Waals surface area contributed by atoms with Gasteiger partial charge in [-0.1, -0.05) is 5.16 Å². The molecule has 0 N–H and O–H groups in total. The van der Waals surface area contributed by atoms with E-state index in [1.165, 1.54) is 7.11 Å². The Balaban J connectivity index is 4.46. The first-order chi connectivity index (χ1) is 8.04. The summed E-state index contributed by atoms with van der Waals surface area (Å²) < 4.78 is 13.0. The van der Waals surface area contributed by atoms with Crippen LogP contribution in [0.3, 0.4) is 0 Å². The smallest absolute Gasteiger partial charge is 0.356 e. The summed E-state index contributed by atoms with van der Waals surface area (Å²) in [5.41, 5.74) is -0.303. The van der Waals surface area contributed by atoms with E-state index in [0.29, 0.717) is 0 Å². The van der Waals surface area contributed by atoms with Crippen LogP contribution in [-0.4, -0.2) is 51.6 Å². The highest BCUT2D eigenvalue weighted by Crippen LogP contribution is 1.95. The summed E-state index contributed by atoms with van der Waals surface area (Å²) >= 11 is 0. The van der Waals surface area contributed by atoms with Crippen LogP contribution in [-0.2, 0) is 33.4 Å². The highest BCUT2D eigenvalue weighted by atomic mass is 16.8. The first-order valence-corrected chi connectivity index (χ1v) is 4.46. The van der Waals surface area contributed by atoms with Gasteiger partial charge in [-0.15, -0.1) is 0 Å². The van der Waals surface area contributed by atoms with Crippen LogP contribution < -0.4 is 0 Å². The molecule has 0 unspecified atom stereocenters. The van der Waals surface area contributed by atoms with Gasteiger partial charge in [0.15, 0.2) is 5.71 Å². The van der Waals surface area contributed by atoms with Crippen LogP contribution in [0.4, 0.5) is 0 Å². The molecule has 0 aliphatic rings. The molecule has 0 amide bonds. The maximum atomic E-state index is 11.2. The molecule has 8 heteroatoms. The van der Waals surface area contributed by atoms with Gasteiger partial charge in [0.25, 0.3) is 0 Å². The summed E-state index contributed by atoms with van der Waals surface area (Å²) in [6.07, 6.45) is -0.412. The quantitative estimate of drug-likeness (QED) is 0.201. The van der Waals surface area contributed by atoms with E-state index in [-0.39, 0.29) is 5.71 Å². The first kappa shape index (κ1) is 14.9. The fourth-order valence-electron chi connectivity index (χ4n) is 0.690. The van der Waals surface area contributed by atoms with E-state index in [1.54, 1.807) is 0 Å². The molecule has 0 heterocycles. The van der Waals surface area contributed by atoms with Crippen molar-refractivity contribution < 1.29 is 33.4 Å². The van der Waals surface area contributed by atoms with E-state index < -0.39 is 30.9 Å². The third-order valence-electron chi connectivity index (χ3n) is 1.55. The summed E-state index contributed by atoms with van der Waals surface area (Å²) in [5.74, 6) is -2.20. The lowest BCUT2D eigenvalue weighted by atomic mass is 10.3. The van der Waals surface area contributed by atoms with Crippen LogP contribution >= 0.6 is 0 Å². The van der Waals surface area contributed by atoms with Crippen molar-refractivity contribution in [1.82, 2.24) is 0 Å². The van der Waals surface area contributed by atoms with Crippen molar-refractivity contribution >= 4 is 23.6 Å². The van der Waals surface area contributed by atoms with Crippen LogP contribution in [0.25, 0.3) is 0 Å². The number of ether oxygens (including phenoxy) is 3. The SMILES string of the molecule is COC(=O)CO/[15N]=C(/CC(=O)OC)C(=O)OC. The van der Waals surface area contributed by atoms with Gasteiger partial charge >= 0.3 is 17.9 Å². The van der Waals surface area contributed by atoms with E-state index in [0.717, 1.165) is 14.2 Å². The molecule has 0 aromatic carbocycles. The number of hydrogen-bond donors (Lipinski definition) is 0. The zero-order valence-corrected chi connectivity index (χ0v) is 9.72. The topological polar surface area (TPSA) is 100 Å². The van der Waals surface area contributed by atoms with E-state index in [9.17, 15) is 14.4 Å². The van der Waals surface area contributed by atoms with Crippen LogP contribution in [0.5, 0.6) is 0 Å². The molecule has 0 spiro atoms. The molecule has 0 atom stereocenters. The minimum atomic E-state index is -0.847. The van der Waals surface area contributed by atoms with Gasteiger partial charge in [-0.25, -0.2) is 9.59 Å². The monoisotopic (exact) mass is 248 g/mol. The van der Waals surface area contributed by atoms with Crippen molar-refractivity contribution in [2.75, 3.05) is 27.9 Å². The molecule has 8 nitrogen and oxygen atoms in total. The zero-order chi connectivity index (χ0) is 13.3. The Morgan fingerprint density at radius 3 is 2.00 bits per heavy atom. The molecule has 0 aromatic heterocycles. The van der Waals surface area contributed by atoms with Crippen LogP contribution in [0.1, 0.15) is 6.42 Å². The number of oxime groups is 1. The Morgan fingerprint density at radius 1 is 0.941 bits per heavy atom. The number of carbonyl (C=O) groups excluding carboxylic acids is 3. The highest BCUT2D eigenvalue weighted by molar-refractivity contribution is 6.39. The summed E-state index contributed by atoms with van der Waals surface area (Å²) in [4.78, 5) is 37.3. The molecular weight excluding hydrogens is 235 g/mol. The summed E-state index contributed by atoms with van der Waals surface area (Å²) in [7, 11) is 3.45. The van der Waals surface area contributed by atoms with Crippen molar-refractivity contribution in [2.24, 2.45) is 5.16 Å². The molecule has 0 aromatic rings. The highest BCUT2D eigenvalue weighted by Gasteiger charge is 2.18. The third-order valence-corrected chi connectivity index (χ3v) is 1.55. The van der Waals surface area contributed by atoms with Crippen molar-refractivity contribution in [3.8, 4) is 0 Å². The zero-order valence-electron chi connectivity index (χ0n) is 9.72. The summed E-state index contributed by atoms with van der Waals surface area (Å²) in [6.45, 7) is -0.474. The third kappa shape index (κ3) is 6.13. The van der Waals surface area contributed by atoms with E-state index >= 15 is 0 Å². The van der Waals surface area contributed by atoms with Crippen molar-refractivity contribution in [3.05, 3.63) is 0 Å². The van der Waals surface area contributed by atoms with E-state index in [1.807, 2.05) is 0 Å². The fraction of sp³-hybridized carbons (Fsp3) is 0.556. The van der Waals surface area contributed by atoms with Crippen LogP contribution in [0, 0.1) is 0 Å². The number of methoxy groups -OCH3 is 3. The predicted octanol–water partition coefficient (Wildman–Crippen LogP) is -0.732. The minimum absolute atomic E-state index is 0.303. The van der Waals surface area contributed by atoms with Crippen molar-refractivity contribution in [2.45, 2.75) is 6.42 Å². The Labute approximate surface area is 97.4 Å². The van der Waals surface area contributed by atoms with Gasteiger partial charge in [-0.2, -0.15) is 0 Å². The molecule has 0 radical (unpaired) electrons. The average molecular weight is 248 g/mol. The van der Waals surface area contributed by atoms with E-state index in [4.69, 9.17) is 0 Å². The van der Waals surface area contributed by atoms with Gasteiger partial charge in [0, 0.05) is 0 Å². The molecule has 0 fully saturated rings. The maximum Gasteiger partial charge on any atom is 0.356 e. The largest absolute Gasteiger partial charge is 0.469 e. The second-order valence-corrected chi connectivity index (χ2v) is 2.63. The average Bonchev–Trinajstić information content (AvgIpc) is 2.35. The van der Waals surface area contributed by atoms with Gasteiger partial charge < -0.3 is 19.0 Å². The Bertz CT molecular complexity index is 323. The molecule has 17 heavy (non-hydrogen) atoms. The lowest BCUT2D eigenvalue weighted by Gasteiger charge is -2.03. The summed E-state index contributed by atoms with van der Waals surface area (Å²) in [6, 6.07) is 0.